The molecular formula is C18H18BrNO5. The number of primary amides is 1. The zero-order valence-corrected chi connectivity index (χ0v) is 15.4. The van der Waals surface area contributed by atoms with Gasteiger partial charge in [-0.25, -0.2) is 4.79 Å². The van der Waals surface area contributed by atoms with E-state index in [1.807, 2.05) is 30.3 Å². The van der Waals surface area contributed by atoms with E-state index in [2.05, 4.69) is 15.9 Å². The van der Waals surface area contributed by atoms with Crippen LogP contribution in [0.5, 0.6) is 11.5 Å². The van der Waals surface area contributed by atoms with Crippen LogP contribution in [0.2, 0.25) is 0 Å². The molecule has 0 aliphatic heterocycles. The number of rotatable bonds is 7. The Morgan fingerprint density at radius 3 is 2.48 bits per heavy atom. The van der Waals surface area contributed by atoms with Gasteiger partial charge < -0.3 is 19.9 Å². The molecule has 0 fully saturated rings. The first-order chi connectivity index (χ1) is 11.9. The summed E-state index contributed by atoms with van der Waals surface area (Å²) in [6, 6.07) is 12.7. The maximum atomic E-state index is 12.1. The fraction of sp³-hybridized carbons (Fsp3) is 0.222. The number of halogens is 1. The van der Waals surface area contributed by atoms with Gasteiger partial charge in [-0.1, -0.05) is 30.3 Å². The summed E-state index contributed by atoms with van der Waals surface area (Å²) < 4.78 is 16.6. The van der Waals surface area contributed by atoms with Gasteiger partial charge in [0.25, 0.3) is 5.91 Å². The molecule has 7 heteroatoms. The van der Waals surface area contributed by atoms with E-state index in [4.69, 9.17) is 19.9 Å². The first-order valence-electron chi connectivity index (χ1n) is 7.47. The summed E-state index contributed by atoms with van der Waals surface area (Å²) in [7, 11) is 1.47. The Bertz CT molecular complexity index is 764. The minimum absolute atomic E-state index is 0.212. The van der Waals surface area contributed by atoms with Crippen molar-refractivity contribution < 1.29 is 23.8 Å². The molecule has 0 heterocycles. The number of nitrogens with two attached hydrogens (primary N) is 1. The molecule has 0 spiro atoms. The molecule has 25 heavy (non-hydrogen) atoms. The normalized spacial score (nSPS) is 11.5. The van der Waals surface area contributed by atoms with E-state index >= 15 is 0 Å². The van der Waals surface area contributed by atoms with Crippen LogP contribution in [-0.4, -0.2) is 25.1 Å². The SMILES string of the molecule is COc1cc(C(=O)O[C@@H](C)C(N)=O)cc(Br)c1OCc1ccccc1. The summed E-state index contributed by atoms with van der Waals surface area (Å²) in [5.74, 6) is -0.572. The van der Waals surface area contributed by atoms with Crippen molar-refractivity contribution in [1.82, 2.24) is 0 Å². The molecule has 0 radical (unpaired) electrons. The van der Waals surface area contributed by atoms with Crippen molar-refractivity contribution in [3.8, 4) is 11.5 Å². The van der Waals surface area contributed by atoms with Crippen LogP contribution in [0.25, 0.3) is 0 Å². The number of hydrogen-bond donors (Lipinski definition) is 1. The largest absolute Gasteiger partial charge is 0.493 e. The fourth-order valence-electron chi connectivity index (χ4n) is 1.99. The van der Waals surface area contributed by atoms with Crippen molar-refractivity contribution in [2.75, 3.05) is 7.11 Å². The van der Waals surface area contributed by atoms with Gasteiger partial charge in [0.15, 0.2) is 17.6 Å². The van der Waals surface area contributed by atoms with Gasteiger partial charge >= 0.3 is 5.97 Å². The van der Waals surface area contributed by atoms with Crippen LogP contribution in [0.15, 0.2) is 46.9 Å². The lowest BCUT2D eigenvalue weighted by molar-refractivity contribution is -0.125. The standard InChI is InChI=1S/C18H18BrNO5/c1-11(17(20)21)25-18(22)13-8-14(19)16(15(9-13)23-2)24-10-12-6-4-3-5-7-12/h3-9,11H,10H2,1-2H3,(H2,20,21)/t11-/m0/s1. The number of benzene rings is 2. The molecule has 1 atom stereocenters. The maximum absolute atomic E-state index is 12.1. The van der Waals surface area contributed by atoms with Crippen LogP contribution in [0.3, 0.4) is 0 Å². The van der Waals surface area contributed by atoms with E-state index in [1.54, 1.807) is 6.07 Å². The lowest BCUT2D eigenvalue weighted by Gasteiger charge is -2.15. The molecule has 2 aromatic rings. The highest BCUT2D eigenvalue weighted by atomic mass is 79.9. The van der Waals surface area contributed by atoms with Crippen LogP contribution in [0, 0.1) is 0 Å². The van der Waals surface area contributed by atoms with Gasteiger partial charge in [-0.15, -0.1) is 0 Å². The highest BCUT2D eigenvalue weighted by molar-refractivity contribution is 9.10. The summed E-state index contributed by atoms with van der Waals surface area (Å²) in [6.07, 6.45) is -1.02. The summed E-state index contributed by atoms with van der Waals surface area (Å²) in [5, 5.41) is 0. The first-order valence-corrected chi connectivity index (χ1v) is 8.26. The van der Waals surface area contributed by atoms with Gasteiger partial charge in [0.1, 0.15) is 6.61 Å². The van der Waals surface area contributed by atoms with E-state index in [0.29, 0.717) is 22.6 Å². The predicted octanol–water partition coefficient (Wildman–Crippen LogP) is 3.07. The Labute approximate surface area is 154 Å². The number of amides is 1. The van der Waals surface area contributed by atoms with E-state index in [-0.39, 0.29) is 5.56 Å². The Hall–Kier alpha value is -2.54. The highest BCUT2D eigenvalue weighted by Crippen LogP contribution is 2.37. The van der Waals surface area contributed by atoms with Crippen molar-refractivity contribution in [3.63, 3.8) is 0 Å². The number of carbonyl (C=O) groups excluding carboxylic acids is 2. The number of ether oxygens (including phenoxy) is 3. The summed E-state index contributed by atoms with van der Waals surface area (Å²) in [4.78, 5) is 23.1. The molecule has 0 bridgehead atoms. The van der Waals surface area contributed by atoms with E-state index in [1.165, 1.54) is 20.1 Å². The number of methoxy groups -OCH3 is 1. The monoisotopic (exact) mass is 407 g/mol. The molecular weight excluding hydrogens is 390 g/mol. The van der Waals surface area contributed by atoms with Crippen molar-refractivity contribution in [1.29, 1.82) is 0 Å². The Balaban J connectivity index is 2.19. The van der Waals surface area contributed by atoms with Crippen molar-refractivity contribution >= 4 is 27.8 Å². The first kappa shape index (κ1) is 18.8. The maximum Gasteiger partial charge on any atom is 0.339 e. The van der Waals surface area contributed by atoms with Gasteiger partial charge in [0.05, 0.1) is 17.1 Å². The Morgan fingerprint density at radius 2 is 1.88 bits per heavy atom. The Morgan fingerprint density at radius 1 is 1.20 bits per heavy atom. The van der Waals surface area contributed by atoms with Crippen LogP contribution < -0.4 is 15.2 Å². The lowest BCUT2D eigenvalue weighted by Crippen LogP contribution is -2.30. The molecule has 0 aromatic heterocycles. The molecule has 1 amide bonds. The number of esters is 1. The van der Waals surface area contributed by atoms with E-state index in [9.17, 15) is 9.59 Å². The van der Waals surface area contributed by atoms with E-state index in [0.717, 1.165) is 5.56 Å². The highest BCUT2D eigenvalue weighted by Gasteiger charge is 2.20. The average molecular weight is 408 g/mol. The van der Waals surface area contributed by atoms with Crippen LogP contribution >= 0.6 is 15.9 Å². The third-order valence-corrected chi connectivity index (χ3v) is 3.96. The molecule has 0 unspecified atom stereocenters. The van der Waals surface area contributed by atoms with Gasteiger partial charge in [-0.2, -0.15) is 0 Å². The Kier molecular flexibility index (Phi) is 6.41. The topological polar surface area (TPSA) is 87.9 Å². The molecule has 2 rings (SSSR count). The second-order valence-corrected chi connectivity index (χ2v) is 6.07. The fourth-order valence-corrected chi connectivity index (χ4v) is 2.55. The van der Waals surface area contributed by atoms with Gasteiger partial charge in [-0.3, -0.25) is 4.79 Å². The third-order valence-electron chi connectivity index (χ3n) is 3.38. The molecule has 0 saturated heterocycles. The third kappa shape index (κ3) is 4.96. The quantitative estimate of drug-likeness (QED) is 0.712. The molecule has 0 saturated carbocycles. The summed E-state index contributed by atoms with van der Waals surface area (Å²) in [5.41, 5.74) is 6.30. The average Bonchev–Trinajstić information content (AvgIpc) is 2.60. The van der Waals surface area contributed by atoms with Gasteiger partial charge in [-0.05, 0) is 40.5 Å². The minimum Gasteiger partial charge on any atom is -0.493 e. The summed E-state index contributed by atoms with van der Waals surface area (Å²) in [6.45, 7) is 1.75. The van der Waals surface area contributed by atoms with Crippen LogP contribution in [-0.2, 0) is 16.1 Å². The smallest absolute Gasteiger partial charge is 0.339 e. The molecule has 0 aliphatic rings. The van der Waals surface area contributed by atoms with Crippen molar-refractivity contribution in [2.45, 2.75) is 19.6 Å². The molecule has 2 aromatic carbocycles. The molecule has 0 aliphatic carbocycles. The van der Waals surface area contributed by atoms with Crippen LogP contribution in [0.4, 0.5) is 0 Å². The minimum atomic E-state index is -1.02. The van der Waals surface area contributed by atoms with Crippen LogP contribution in [0.1, 0.15) is 22.8 Å². The zero-order chi connectivity index (χ0) is 18.4. The van der Waals surface area contributed by atoms with Crippen molar-refractivity contribution in [2.24, 2.45) is 5.73 Å². The molecule has 6 nitrogen and oxygen atoms in total. The summed E-state index contributed by atoms with van der Waals surface area (Å²) >= 11 is 3.37. The van der Waals surface area contributed by atoms with Crippen molar-refractivity contribution in [3.05, 3.63) is 58.1 Å². The zero-order valence-electron chi connectivity index (χ0n) is 13.8. The number of carbonyl (C=O) groups is 2. The number of hydrogen-bond acceptors (Lipinski definition) is 5. The van der Waals surface area contributed by atoms with Gasteiger partial charge in [0, 0.05) is 0 Å². The van der Waals surface area contributed by atoms with Gasteiger partial charge in [0.2, 0.25) is 0 Å². The van der Waals surface area contributed by atoms with E-state index < -0.39 is 18.0 Å². The second-order valence-electron chi connectivity index (χ2n) is 5.21. The molecule has 2 N–H and O–H groups in total. The lowest BCUT2D eigenvalue weighted by atomic mass is 10.2. The predicted molar refractivity (Wildman–Crippen MR) is 95.5 cm³/mol. The second kappa shape index (κ2) is 8.53. The molecule has 132 valence electrons.